The van der Waals surface area contributed by atoms with E-state index in [1.165, 1.54) is 25.0 Å². The number of carboxylic acid groups (broad SMARTS) is 1. The normalized spacial score (nSPS) is 14.0. The number of benzene rings is 1. The van der Waals surface area contributed by atoms with Crippen molar-refractivity contribution in [3.8, 4) is 0 Å². The first-order valence-electron chi connectivity index (χ1n) is 6.02. The van der Waals surface area contributed by atoms with Crippen molar-refractivity contribution in [2.24, 2.45) is 5.92 Å². The van der Waals surface area contributed by atoms with E-state index < -0.39 is 5.97 Å². The summed E-state index contributed by atoms with van der Waals surface area (Å²) in [4.78, 5) is 24.5. The highest BCUT2D eigenvalue weighted by Gasteiger charge is 2.25. The summed E-state index contributed by atoms with van der Waals surface area (Å²) >= 11 is 3.29. The van der Waals surface area contributed by atoms with Crippen LogP contribution in [0.1, 0.15) is 23.2 Å². The Bertz CT molecular complexity index is 515. The van der Waals surface area contributed by atoms with Crippen LogP contribution >= 0.6 is 15.9 Å². The molecule has 1 aromatic carbocycles. The van der Waals surface area contributed by atoms with Crippen molar-refractivity contribution in [3.63, 3.8) is 0 Å². The number of carbonyl (C=O) groups is 2. The Hall–Kier alpha value is -1.56. The van der Waals surface area contributed by atoms with E-state index in [0.29, 0.717) is 16.1 Å². The molecule has 0 bridgehead atoms. The van der Waals surface area contributed by atoms with Crippen molar-refractivity contribution < 1.29 is 14.7 Å². The van der Waals surface area contributed by atoms with Gasteiger partial charge in [-0.3, -0.25) is 0 Å². The number of hydrogen-bond acceptors (Lipinski definition) is 2. The lowest BCUT2D eigenvalue weighted by Gasteiger charge is -2.18. The van der Waals surface area contributed by atoms with E-state index in [4.69, 9.17) is 5.11 Å². The van der Waals surface area contributed by atoms with Gasteiger partial charge in [-0.15, -0.1) is 0 Å². The van der Waals surface area contributed by atoms with Crippen LogP contribution in [-0.4, -0.2) is 35.6 Å². The van der Waals surface area contributed by atoms with Gasteiger partial charge in [0, 0.05) is 18.1 Å². The molecule has 0 heterocycles. The predicted molar refractivity (Wildman–Crippen MR) is 75.5 cm³/mol. The molecule has 1 aromatic rings. The van der Waals surface area contributed by atoms with E-state index in [1.807, 2.05) is 0 Å². The molecule has 0 spiro atoms. The van der Waals surface area contributed by atoms with Crippen molar-refractivity contribution >= 4 is 33.6 Å². The summed E-state index contributed by atoms with van der Waals surface area (Å²) in [5.41, 5.74) is 0.607. The van der Waals surface area contributed by atoms with Gasteiger partial charge in [-0.25, -0.2) is 9.59 Å². The molecule has 1 aliphatic carbocycles. The van der Waals surface area contributed by atoms with E-state index >= 15 is 0 Å². The third-order valence-corrected chi connectivity index (χ3v) is 3.72. The minimum Gasteiger partial charge on any atom is -0.478 e. The molecule has 2 amide bonds. The van der Waals surface area contributed by atoms with Crippen LogP contribution in [0.2, 0.25) is 0 Å². The third kappa shape index (κ3) is 3.70. The highest BCUT2D eigenvalue weighted by Crippen LogP contribution is 2.30. The van der Waals surface area contributed by atoms with Gasteiger partial charge in [0.2, 0.25) is 0 Å². The number of carbonyl (C=O) groups excluding carboxylic acids is 1. The van der Waals surface area contributed by atoms with Crippen molar-refractivity contribution in [3.05, 3.63) is 28.2 Å². The molecule has 0 aromatic heterocycles. The minimum atomic E-state index is -1.02. The van der Waals surface area contributed by atoms with Gasteiger partial charge in [-0.2, -0.15) is 0 Å². The molecular weight excluding hydrogens is 312 g/mol. The van der Waals surface area contributed by atoms with Gasteiger partial charge < -0.3 is 15.3 Å². The molecule has 1 aliphatic rings. The number of hydrogen-bond donors (Lipinski definition) is 2. The highest BCUT2D eigenvalue weighted by atomic mass is 79.9. The van der Waals surface area contributed by atoms with Crippen LogP contribution in [0.15, 0.2) is 22.7 Å². The zero-order chi connectivity index (χ0) is 14.0. The third-order valence-electron chi connectivity index (χ3n) is 3.03. The van der Waals surface area contributed by atoms with Gasteiger partial charge in [-0.05, 0) is 52.9 Å². The largest absolute Gasteiger partial charge is 0.478 e. The Kier molecular flexibility index (Phi) is 4.09. The molecule has 6 heteroatoms. The average molecular weight is 327 g/mol. The van der Waals surface area contributed by atoms with E-state index in [1.54, 1.807) is 18.0 Å². The molecule has 0 radical (unpaired) electrons. The molecule has 1 saturated carbocycles. The zero-order valence-electron chi connectivity index (χ0n) is 10.5. The molecule has 0 unspecified atom stereocenters. The summed E-state index contributed by atoms with van der Waals surface area (Å²) in [7, 11) is 1.74. The van der Waals surface area contributed by atoms with Gasteiger partial charge in [0.05, 0.1) is 11.3 Å². The lowest BCUT2D eigenvalue weighted by Crippen LogP contribution is -2.33. The van der Waals surface area contributed by atoms with E-state index in [0.717, 1.165) is 6.54 Å². The van der Waals surface area contributed by atoms with Crippen LogP contribution in [-0.2, 0) is 0 Å². The van der Waals surface area contributed by atoms with Gasteiger partial charge >= 0.3 is 12.0 Å². The Morgan fingerprint density at radius 1 is 1.47 bits per heavy atom. The Morgan fingerprint density at radius 2 is 2.16 bits per heavy atom. The zero-order valence-corrected chi connectivity index (χ0v) is 12.1. The summed E-state index contributed by atoms with van der Waals surface area (Å²) < 4.78 is 0.658. The molecule has 5 nitrogen and oxygen atoms in total. The fourth-order valence-corrected chi connectivity index (χ4v) is 2.08. The van der Waals surface area contributed by atoms with Crippen LogP contribution in [0.25, 0.3) is 0 Å². The molecule has 0 atom stereocenters. The van der Waals surface area contributed by atoms with Crippen LogP contribution in [0, 0.1) is 5.92 Å². The maximum atomic E-state index is 12.0. The lowest BCUT2D eigenvalue weighted by atomic mass is 10.2. The van der Waals surface area contributed by atoms with Crippen molar-refractivity contribution in [1.29, 1.82) is 0 Å². The predicted octanol–water partition coefficient (Wildman–Crippen LogP) is 3.02. The van der Waals surface area contributed by atoms with E-state index in [9.17, 15) is 9.59 Å². The Labute approximate surface area is 119 Å². The molecule has 0 aliphatic heterocycles. The van der Waals surface area contributed by atoms with Crippen LogP contribution in [0.4, 0.5) is 10.5 Å². The summed E-state index contributed by atoms with van der Waals surface area (Å²) in [6, 6.07) is 4.31. The minimum absolute atomic E-state index is 0.142. The number of nitrogens with zero attached hydrogens (tertiary/aromatic N) is 1. The topological polar surface area (TPSA) is 69.6 Å². The van der Waals surface area contributed by atoms with Gasteiger partial charge in [0.15, 0.2) is 0 Å². The monoisotopic (exact) mass is 326 g/mol. The second kappa shape index (κ2) is 5.61. The molecular formula is C13H15BrN2O3. The van der Waals surface area contributed by atoms with E-state index in [2.05, 4.69) is 21.2 Å². The number of anilines is 1. The summed E-state index contributed by atoms with van der Waals surface area (Å²) in [5, 5.41) is 11.6. The fourth-order valence-electron chi connectivity index (χ4n) is 1.74. The number of aromatic carboxylic acids is 1. The molecule has 19 heavy (non-hydrogen) atoms. The van der Waals surface area contributed by atoms with Crippen molar-refractivity contribution in [2.45, 2.75) is 12.8 Å². The number of urea groups is 1. The first kappa shape index (κ1) is 13.9. The fraction of sp³-hybridized carbons (Fsp3) is 0.385. The summed E-state index contributed by atoms with van der Waals surface area (Å²) in [6.45, 7) is 0.738. The Morgan fingerprint density at radius 3 is 2.74 bits per heavy atom. The molecule has 102 valence electrons. The second-order valence-electron chi connectivity index (χ2n) is 4.75. The maximum absolute atomic E-state index is 12.0. The number of carboxylic acids is 1. The number of rotatable bonds is 4. The summed E-state index contributed by atoms with van der Waals surface area (Å²) in [5.74, 6) is -0.404. The molecule has 2 rings (SSSR count). The first-order valence-corrected chi connectivity index (χ1v) is 6.81. The lowest BCUT2D eigenvalue weighted by molar-refractivity contribution is 0.0697. The Balaban J connectivity index is 2.06. The average Bonchev–Trinajstić information content (AvgIpc) is 3.15. The smallest absolute Gasteiger partial charge is 0.335 e. The van der Waals surface area contributed by atoms with E-state index in [-0.39, 0.29) is 11.6 Å². The maximum Gasteiger partial charge on any atom is 0.335 e. The van der Waals surface area contributed by atoms with Gasteiger partial charge in [0.1, 0.15) is 0 Å². The highest BCUT2D eigenvalue weighted by molar-refractivity contribution is 9.10. The standard InChI is InChI=1S/C13H15BrN2O3/c1-16(7-8-2-3-8)13(19)15-11-6-9(12(17)18)4-5-10(11)14/h4-6,8H,2-3,7H2,1H3,(H,15,19)(H,17,18). The van der Waals surface area contributed by atoms with Crippen LogP contribution in [0.3, 0.4) is 0 Å². The quantitative estimate of drug-likeness (QED) is 0.893. The van der Waals surface area contributed by atoms with Crippen LogP contribution < -0.4 is 5.32 Å². The first-order chi connectivity index (χ1) is 8.97. The van der Waals surface area contributed by atoms with Crippen molar-refractivity contribution in [1.82, 2.24) is 4.90 Å². The molecule has 1 fully saturated rings. The van der Waals surface area contributed by atoms with Crippen molar-refractivity contribution in [2.75, 3.05) is 18.9 Å². The number of nitrogens with one attached hydrogen (secondary N) is 1. The number of halogens is 1. The molecule has 2 N–H and O–H groups in total. The SMILES string of the molecule is CN(CC1CC1)C(=O)Nc1cc(C(=O)O)ccc1Br. The van der Waals surface area contributed by atoms with Crippen LogP contribution in [0.5, 0.6) is 0 Å². The summed E-state index contributed by atoms with van der Waals surface area (Å²) in [6.07, 6.45) is 2.35. The number of amides is 2. The molecule has 0 saturated heterocycles. The van der Waals surface area contributed by atoms with Gasteiger partial charge in [0.25, 0.3) is 0 Å². The second-order valence-corrected chi connectivity index (χ2v) is 5.61. The van der Waals surface area contributed by atoms with Gasteiger partial charge in [-0.1, -0.05) is 0 Å².